The maximum atomic E-state index is 12.1. The van der Waals surface area contributed by atoms with Gasteiger partial charge in [0.25, 0.3) is 5.03 Å². The van der Waals surface area contributed by atoms with Crippen molar-refractivity contribution in [2.24, 2.45) is 5.92 Å². The number of anilines is 1. The Hall–Kier alpha value is -3.11. The fraction of sp³-hybridized carbons (Fsp3) is 0.333. The highest BCUT2D eigenvalue weighted by Crippen LogP contribution is 2.43. The first-order valence-corrected chi connectivity index (χ1v) is 12.9. The van der Waals surface area contributed by atoms with Crippen molar-refractivity contribution in [2.75, 3.05) is 17.6 Å². The molecule has 0 radical (unpaired) electrons. The van der Waals surface area contributed by atoms with Crippen LogP contribution in [0.1, 0.15) is 42.9 Å². The van der Waals surface area contributed by atoms with Crippen LogP contribution in [0.25, 0.3) is 0 Å². The highest BCUT2D eigenvalue weighted by Gasteiger charge is 2.38. The number of hydrogen-bond acceptors (Lipinski definition) is 6. The third-order valence-electron chi connectivity index (χ3n) is 6.06. The van der Waals surface area contributed by atoms with E-state index in [0.29, 0.717) is 23.0 Å². The van der Waals surface area contributed by atoms with Crippen LogP contribution in [-0.2, 0) is 16.1 Å². The van der Waals surface area contributed by atoms with E-state index in [1.165, 1.54) is 18.0 Å². The summed E-state index contributed by atoms with van der Waals surface area (Å²) < 4.78 is 13.8. The van der Waals surface area contributed by atoms with Crippen molar-refractivity contribution in [3.63, 3.8) is 0 Å². The van der Waals surface area contributed by atoms with Gasteiger partial charge in [-0.1, -0.05) is 55.1 Å². The Morgan fingerprint density at radius 3 is 2.61 bits per heavy atom. The number of carbonyl (C=O) groups is 1. The zero-order valence-electron chi connectivity index (χ0n) is 20.3. The highest BCUT2D eigenvalue weighted by molar-refractivity contribution is 7.99. The van der Waals surface area contributed by atoms with Crippen molar-refractivity contribution < 1.29 is 24.1 Å². The number of urea groups is 1. The largest absolute Gasteiger partial charge is 0.618 e. The number of hydrogen-bond donors (Lipinski definition) is 3. The lowest BCUT2D eigenvalue weighted by atomic mass is 9.91. The van der Waals surface area contributed by atoms with Crippen molar-refractivity contribution in [1.82, 2.24) is 5.32 Å². The Morgan fingerprint density at radius 1 is 1.08 bits per heavy atom. The zero-order valence-corrected chi connectivity index (χ0v) is 21.1. The number of pyridine rings is 1. The molecule has 1 aliphatic rings. The number of nitrogens with zero attached hydrogens (tertiary/aromatic N) is 1. The van der Waals surface area contributed by atoms with E-state index >= 15 is 0 Å². The Labute approximate surface area is 215 Å². The van der Waals surface area contributed by atoms with Gasteiger partial charge in [0.1, 0.15) is 0 Å². The lowest BCUT2D eigenvalue weighted by molar-refractivity contribution is -0.645. The van der Waals surface area contributed by atoms with Crippen molar-refractivity contribution in [1.29, 1.82) is 0 Å². The van der Waals surface area contributed by atoms with Crippen LogP contribution >= 0.6 is 11.8 Å². The minimum Gasteiger partial charge on any atom is -0.618 e. The smallest absolute Gasteiger partial charge is 0.319 e. The molecule has 2 amide bonds. The van der Waals surface area contributed by atoms with Crippen LogP contribution in [0.4, 0.5) is 10.5 Å². The molecule has 9 heteroatoms. The Morgan fingerprint density at radius 2 is 1.89 bits per heavy atom. The van der Waals surface area contributed by atoms with Crippen LogP contribution in [0.3, 0.4) is 0 Å². The molecular weight excluding hydrogens is 478 g/mol. The minimum atomic E-state index is -0.666. The van der Waals surface area contributed by atoms with Crippen molar-refractivity contribution in [3.8, 4) is 0 Å². The molecule has 1 aromatic heterocycles. The summed E-state index contributed by atoms with van der Waals surface area (Å²) in [6.07, 6.45) is 0.340. The summed E-state index contributed by atoms with van der Waals surface area (Å²) in [5, 5.41) is 27.7. The quantitative estimate of drug-likeness (QED) is 0.234. The van der Waals surface area contributed by atoms with Gasteiger partial charge < -0.3 is 30.4 Å². The number of aliphatic hydroxyl groups excluding tert-OH is 1. The second-order valence-corrected chi connectivity index (χ2v) is 9.65. The average molecular weight is 510 g/mol. The summed E-state index contributed by atoms with van der Waals surface area (Å²) in [5.41, 5.74) is 3.23. The van der Waals surface area contributed by atoms with Crippen LogP contribution in [0.2, 0.25) is 0 Å². The SMILES string of the molecule is CCNC(=O)Nc1cccc(C2O[C@H](CSc3cccc[n+]3[O-])[C@H](C)[C@H](c3ccc(CO)cc3)O2)c1. The van der Waals surface area contributed by atoms with Crippen molar-refractivity contribution >= 4 is 23.5 Å². The van der Waals surface area contributed by atoms with Gasteiger partial charge in [0.05, 0.1) is 18.8 Å². The van der Waals surface area contributed by atoms with Crippen molar-refractivity contribution in [3.05, 3.63) is 94.8 Å². The maximum Gasteiger partial charge on any atom is 0.319 e. The van der Waals surface area contributed by atoms with E-state index in [4.69, 9.17) is 9.47 Å². The molecule has 1 unspecified atom stereocenters. The highest BCUT2D eigenvalue weighted by atomic mass is 32.2. The molecule has 1 fully saturated rings. The first kappa shape index (κ1) is 26.0. The van der Waals surface area contributed by atoms with E-state index in [1.807, 2.05) is 61.5 Å². The van der Waals surface area contributed by atoms with Crippen LogP contribution < -0.4 is 15.4 Å². The summed E-state index contributed by atoms with van der Waals surface area (Å²) >= 11 is 1.45. The van der Waals surface area contributed by atoms with E-state index in [-0.39, 0.29) is 30.8 Å². The van der Waals surface area contributed by atoms with E-state index < -0.39 is 6.29 Å². The topological polar surface area (TPSA) is 107 Å². The number of aromatic nitrogens is 1. The van der Waals surface area contributed by atoms with E-state index in [9.17, 15) is 15.1 Å². The fourth-order valence-corrected chi connectivity index (χ4v) is 5.18. The molecule has 0 saturated carbocycles. The van der Waals surface area contributed by atoms with Gasteiger partial charge in [-0.3, -0.25) is 0 Å². The molecule has 3 aromatic rings. The standard InChI is InChI=1S/C27H31N3O5S/c1-3-28-27(32)29-22-8-6-7-21(15-22)26-34-23(17-36-24-9-4-5-14-30(24)33)18(2)25(35-26)20-12-10-19(16-31)11-13-20/h4-15,18,23,25-26,31H,3,16-17H2,1-2H3,(H2,28,29,32)/t18-,23+,25+,26?/m0/s1. The van der Waals surface area contributed by atoms with Crippen molar-refractivity contribution in [2.45, 2.75) is 44.0 Å². The molecule has 0 spiro atoms. The van der Waals surface area contributed by atoms with E-state index in [0.717, 1.165) is 21.4 Å². The molecule has 3 N–H and O–H groups in total. The molecular formula is C27H31N3O5S. The third-order valence-corrected chi connectivity index (χ3v) is 7.17. The molecule has 0 bridgehead atoms. The molecule has 2 heterocycles. The molecule has 1 saturated heterocycles. The number of benzene rings is 2. The van der Waals surface area contributed by atoms with Gasteiger partial charge in [0, 0.05) is 41.6 Å². The normalized spacial score (nSPS) is 21.6. The number of amides is 2. The lowest BCUT2D eigenvalue weighted by Gasteiger charge is -2.41. The second kappa shape index (κ2) is 12.2. The van der Waals surface area contributed by atoms with E-state index in [1.54, 1.807) is 12.1 Å². The van der Waals surface area contributed by atoms with E-state index in [2.05, 4.69) is 17.6 Å². The molecule has 190 valence electrons. The van der Waals surface area contributed by atoms with Gasteiger partial charge in [-0.05, 0) is 36.2 Å². The second-order valence-electron chi connectivity index (χ2n) is 8.61. The number of aliphatic hydroxyl groups is 1. The summed E-state index contributed by atoms with van der Waals surface area (Å²) in [5.74, 6) is 0.559. The van der Waals surface area contributed by atoms with Gasteiger partial charge in [-0.15, -0.1) is 0 Å². The predicted molar refractivity (Wildman–Crippen MR) is 138 cm³/mol. The maximum absolute atomic E-state index is 12.1. The average Bonchev–Trinajstić information content (AvgIpc) is 2.89. The molecule has 8 nitrogen and oxygen atoms in total. The summed E-state index contributed by atoms with van der Waals surface area (Å²) in [7, 11) is 0. The van der Waals surface area contributed by atoms with Crippen LogP contribution in [-0.4, -0.2) is 29.5 Å². The number of rotatable bonds is 8. The number of nitrogens with one attached hydrogen (secondary N) is 2. The third kappa shape index (κ3) is 6.36. The molecule has 1 aliphatic heterocycles. The first-order chi connectivity index (χ1) is 17.5. The first-order valence-electron chi connectivity index (χ1n) is 11.9. The summed E-state index contributed by atoms with van der Waals surface area (Å²) in [4.78, 5) is 12.0. The van der Waals surface area contributed by atoms with Gasteiger partial charge >= 0.3 is 6.03 Å². The van der Waals surface area contributed by atoms with Crippen LogP contribution in [0, 0.1) is 11.1 Å². The van der Waals surface area contributed by atoms with Gasteiger partial charge in [0.15, 0.2) is 12.5 Å². The summed E-state index contributed by atoms with van der Waals surface area (Å²) in [6.45, 7) is 4.44. The Bertz CT molecular complexity index is 1160. The van der Waals surface area contributed by atoms with Gasteiger partial charge in [-0.2, -0.15) is 4.73 Å². The summed E-state index contributed by atoms with van der Waals surface area (Å²) in [6, 6.07) is 20.2. The minimum absolute atomic E-state index is 0.00539. The zero-order chi connectivity index (χ0) is 25.5. The number of ether oxygens (including phenoxy) is 2. The Balaban J connectivity index is 1.59. The number of thioether (sulfide) groups is 1. The molecule has 2 aromatic carbocycles. The Kier molecular flexibility index (Phi) is 8.82. The van der Waals surface area contributed by atoms with Crippen LogP contribution in [0.15, 0.2) is 78.0 Å². The predicted octanol–water partition coefficient (Wildman–Crippen LogP) is 4.54. The molecule has 0 aliphatic carbocycles. The lowest BCUT2D eigenvalue weighted by Crippen LogP contribution is -2.39. The monoisotopic (exact) mass is 509 g/mol. The molecule has 4 atom stereocenters. The number of carbonyl (C=O) groups excluding carboxylic acids is 1. The van der Waals surface area contributed by atoms with Crippen LogP contribution in [0.5, 0.6) is 0 Å². The fourth-order valence-electron chi connectivity index (χ4n) is 4.10. The molecule has 36 heavy (non-hydrogen) atoms. The van der Waals surface area contributed by atoms with Gasteiger partial charge in [-0.25, -0.2) is 4.79 Å². The molecule has 4 rings (SSSR count). The van der Waals surface area contributed by atoms with Gasteiger partial charge in [0.2, 0.25) is 0 Å².